The molecule has 1 nitrogen and oxygen atoms in total. The van der Waals surface area contributed by atoms with Crippen molar-refractivity contribution >= 4 is 11.8 Å². The van der Waals surface area contributed by atoms with Crippen molar-refractivity contribution in [1.29, 1.82) is 0 Å². The maximum Gasteiger partial charge on any atom is 0.446 e. The lowest BCUT2D eigenvalue weighted by atomic mass is 9.98. The fraction of sp³-hybridized carbons (Fsp3) is 0.500. The van der Waals surface area contributed by atoms with Crippen LogP contribution in [0.5, 0.6) is 0 Å². The number of alkyl halides is 3. The molecule has 17 heavy (non-hydrogen) atoms. The lowest BCUT2D eigenvalue weighted by molar-refractivity contribution is -0.0328. The summed E-state index contributed by atoms with van der Waals surface area (Å²) in [6, 6.07) is 6.85. The van der Waals surface area contributed by atoms with E-state index in [-0.39, 0.29) is 17.8 Å². The molecule has 1 aliphatic rings. The summed E-state index contributed by atoms with van der Waals surface area (Å²) in [7, 11) is 0. The van der Waals surface area contributed by atoms with Crippen LogP contribution in [0.4, 0.5) is 13.2 Å². The SMILES string of the molecule is FC(F)(F)Sc1ccccc1[C@@H]1CCCCN1. The fourth-order valence-corrected chi connectivity index (χ4v) is 2.83. The van der Waals surface area contributed by atoms with E-state index in [4.69, 9.17) is 0 Å². The number of hydrogen-bond donors (Lipinski definition) is 1. The van der Waals surface area contributed by atoms with E-state index in [9.17, 15) is 13.2 Å². The molecule has 5 heteroatoms. The Hall–Kier alpha value is -0.680. The largest absolute Gasteiger partial charge is 0.446 e. The molecule has 2 rings (SSSR count). The van der Waals surface area contributed by atoms with Crippen molar-refractivity contribution in [2.45, 2.75) is 35.7 Å². The Morgan fingerprint density at radius 2 is 1.94 bits per heavy atom. The van der Waals surface area contributed by atoms with Crippen molar-refractivity contribution in [3.63, 3.8) is 0 Å². The highest BCUT2D eigenvalue weighted by atomic mass is 32.2. The van der Waals surface area contributed by atoms with E-state index < -0.39 is 5.51 Å². The van der Waals surface area contributed by atoms with E-state index in [0.29, 0.717) is 4.90 Å². The van der Waals surface area contributed by atoms with Crippen molar-refractivity contribution in [3.8, 4) is 0 Å². The molecule has 0 aromatic heterocycles. The highest BCUT2D eigenvalue weighted by molar-refractivity contribution is 8.00. The number of hydrogen-bond acceptors (Lipinski definition) is 2. The zero-order valence-electron chi connectivity index (χ0n) is 9.26. The van der Waals surface area contributed by atoms with Crippen molar-refractivity contribution in [1.82, 2.24) is 5.32 Å². The van der Waals surface area contributed by atoms with Crippen LogP contribution in [0.25, 0.3) is 0 Å². The molecule has 0 amide bonds. The van der Waals surface area contributed by atoms with Crippen molar-refractivity contribution in [2.24, 2.45) is 0 Å². The summed E-state index contributed by atoms with van der Waals surface area (Å²) in [6.07, 6.45) is 3.09. The average molecular weight is 261 g/mol. The van der Waals surface area contributed by atoms with Gasteiger partial charge in [-0.2, -0.15) is 13.2 Å². The van der Waals surface area contributed by atoms with Gasteiger partial charge in [-0.05, 0) is 42.8 Å². The van der Waals surface area contributed by atoms with Gasteiger partial charge >= 0.3 is 5.51 Å². The topological polar surface area (TPSA) is 12.0 Å². The van der Waals surface area contributed by atoms with Gasteiger partial charge in [0, 0.05) is 10.9 Å². The number of halogens is 3. The van der Waals surface area contributed by atoms with Crippen LogP contribution in [0.1, 0.15) is 30.9 Å². The van der Waals surface area contributed by atoms with Crippen LogP contribution in [0.15, 0.2) is 29.2 Å². The van der Waals surface area contributed by atoms with E-state index in [1.807, 2.05) is 0 Å². The van der Waals surface area contributed by atoms with Gasteiger partial charge in [0.15, 0.2) is 0 Å². The predicted molar refractivity (Wildman–Crippen MR) is 62.9 cm³/mol. The third kappa shape index (κ3) is 3.64. The van der Waals surface area contributed by atoms with E-state index >= 15 is 0 Å². The van der Waals surface area contributed by atoms with Gasteiger partial charge in [0.2, 0.25) is 0 Å². The Morgan fingerprint density at radius 1 is 1.18 bits per heavy atom. The van der Waals surface area contributed by atoms with Crippen LogP contribution < -0.4 is 5.32 Å². The average Bonchev–Trinajstić information content (AvgIpc) is 2.29. The van der Waals surface area contributed by atoms with Gasteiger partial charge in [-0.1, -0.05) is 24.6 Å². The molecular weight excluding hydrogens is 247 g/mol. The standard InChI is InChI=1S/C12H14F3NS/c13-12(14,15)17-11-7-2-1-5-9(11)10-6-3-4-8-16-10/h1-2,5,7,10,16H,3-4,6,8H2/t10-/m0/s1. The minimum Gasteiger partial charge on any atom is -0.310 e. The Labute approximate surface area is 103 Å². The molecule has 0 radical (unpaired) electrons. The second-order valence-electron chi connectivity index (χ2n) is 4.09. The van der Waals surface area contributed by atoms with Gasteiger partial charge in [0.25, 0.3) is 0 Å². The monoisotopic (exact) mass is 261 g/mol. The van der Waals surface area contributed by atoms with Crippen molar-refractivity contribution in [2.75, 3.05) is 6.54 Å². The van der Waals surface area contributed by atoms with Gasteiger partial charge in [0.1, 0.15) is 0 Å². The highest BCUT2D eigenvalue weighted by Crippen LogP contribution is 2.41. The van der Waals surface area contributed by atoms with Gasteiger partial charge in [-0.15, -0.1) is 0 Å². The van der Waals surface area contributed by atoms with Crippen LogP contribution in [0.2, 0.25) is 0 Å². The zero-order valence-corrected chi connectivity index (χ0v) is 10.1. The minimum absolute atomic E-state index is 0.0190. The van der Waals surface area contributed by atoms with E-state index in [1.165, 1.54) is 0 Å². The third-order valence-corrected chi connectivity index (χ3v) is 3.65. The Morgan fingerprint density at radius 3 is 2.59 bits per heavy atom. The van der Waals surface area contributed by atoms with Crippen LogP contribution in [-0.4, -0.2) is 12.1 Å². The van der Waals surface area contributed by atoms with Crippen LogP contribution >= 0.6 is 11.8 Å². The first-order chi connectivity index (χ1) is 8.06. The Kier molecular flexibility index (Phi) is 3.99. The van der Waals surface area contributed by atoms with E-state index in [0.717, 1.165) is 31.4 Å². The highest BCUT2D eigenvalue weighted by Gasteiger charge is 2.31. The zero-order chi connectivity index (χ0) is 12.3. The van der Waals surface area contributed by atoms with E-state index in [1.54, 1.807) is 24.3 Å². The quantitative estimate of drug-likeness (QED) is 0.804. The molecule has 1 saturated heterocycles. The second-order valence-corrected chi connectivity index (χ2v) is 5.19. The fourth-order valence-electron chi connectivity index (χ4n) is 2.10. The Balaban J connectivity index is 2.20. The predicted octanol–water partition coefficient (Wildman–Crippen LogP) is 4.11. The molecule has 0 aliphatic carbocycles. The summed E-state index contributed by atoms with van der Waals surface area (Å²) < 4.78 is 37.3. The first-order valence-electron chi connectivity index (χ1n) is 5.64. The molecule has 0 bridgehead atoms. The van der Waals surface area contributed by atoms with Crippen molar-refractivity contribution < 1.29 is 13.2 Å². The smallest absolute Gasteiger partial charge is 0.310 e. The third-order valence-electron chi connectivity index (χ3n) is 2.83. The number of piperidine rings is 1. The van der Waals surface area contributed by atoms with Gasteiger partial charge in [0.05, 0.1) is 0 Å². The molecule has 1 heterocycles. The normalized spacial score (nSPS) is 21.5. The number of rotatable bonds is 2. The van der Waals surface area contributed by atoms with Gasteiger partial charge < -0.3 is 5.32 Å². The van der Waals surface area contributed by atoms with Crippen LogP contribution in [0, 0.1) is 0 Å². The van der Waals surface area contributed by atoms with Gasteiger partial charge in [-0.25, -0.2) is 0 Å². The van der Waals surface area contributed by atoms with E-state index in [2.05, 4.69) is 5.32 Å². The second kappa shape index (κ2) is 5.31. The van der Waals surface area contributed by atoms with Crippen LogP contribution in [-0.2, 0) is 0 Å². The molecule has 1 N–H and O–H groups in total. The van der Waals surface area contributed by atoms with Gasteiger partial charge in [-0.3, -0.25) is 0 Å². The summed E-state index contributed by atoms with van der Waals surface area (Å²) in [5.74, 6) is 0. The lowest BCUT2D eigenvalue weighted by Gasteiger charge is -2.25. The first-order valence-corrected chi connectivity index (χ1v) is 6.46. The molecule has 0 spiro atoms. The minimum atomic E-state index is -4.22. The molecule has 0 saturated carbocycles. The lowest BCUT2D eigenvalue weighted by Crippen LogP contribution is -2.27. The molecule has 1 aromatic carbocycles. The maximum absolute atomic E-state index is 12.4. The number of nitrogens with one attached hydrogen (secondary N) is 1. The first kappa shape index (κ1) is 12.8. The summed E-state index contributed by atoms with van der Waals surface area (Å²) in [5.41, 5.74) is -3.44. The molecular formula is C12H14F3NS. The molecule has 94 valence electrons. The molecule has 0 unspecified atom stereocenters. The summed E-state index contributed by atoms with van der Waals surface area (Å²) in [4.78, 5) is 0.319. The van der Waals surface area contributed by atoms with Crippen molar-refractivity contribution in [3.05, 3.63) is 29.8 Å². The molecule has 1 aromatic rings. The van der Waals surface area contributed by atoms with Crippen LogP contribution in [0.3, 0.4) is 0 Å². The molecule has 1 aliphatic heterocycles. The number of thioether (sulfide) groups is 1. The number of benzene rings is 1. The summed E-state index contributed by atoms with van der Waals surface area (Å²) in [6.45, 7) is 0.885. The maximum atomic E-state index is 12.4. The summed E-state index contributed by atoms with van der Waals surface area (Å²) >= 11 is -0.0190. The molecule has 1 fully saturated rings. The summed E-state index contributed by atoms with van der Waals surface area (Å²) in [5, 5.41) is 3.28. The molecule has 1 atom stereocenters. The Bertz CT molecular complexity index is 372.